The van der Waals surface area contributed by atoms with Gasteiger partial charge in [0.25, 0.3) is 0 Å². The number of rotatable bonds is 4. The molecule has 0 unspecified atom stereocenters. The number of aromatic nitrogens is 2. The first-order chi connectivity index (χ1) is 9.02. The summed E-state index contributed by atoms with van der Waals surface area (Å²) in [6.07, 6.45) is 0.950. The molecule has 0 aliphatic rings. The van der Waals surface area contributed by atoms with Crippen LogP contribution in [0.3, 0.4) is 0 Å². The van der Waals surface area contributed by atoms with Crippen molar-refractivity contribution < 1.29 is 9.90 Å². The Bertz CT molecular complexity index is 603. The maximum absolute atomic E-state index is 10.8. The molecule has 0 saturated heterocycles. The van der Waals surface area contributed by atoms with Crippen LogP contribution in [0.2, 0.25) is 0 Å². The van der Waals surface area contributed by atoms with E-state index in [0.717, 1.165) is 17.8 Å². The van der Waals surface area contributed by atoms with Gasteiger partial charge in [0, 0.05) is 12.6 Å². The van der Waals surface area contributed by atoms with Crippen LogP contribution in [0, 0.1) is 0 Å². The van der Waals surface area contributed by atoms with Crippen LogP contribution in [0.4, 0.5) is 0 Å². The molecule has 0 fully saturated rings. The van der Waals surface area contributed by atoms with E-state index < -0.39 is 5.97 Å². The molecular formula is C14H15BrN2O2. The van der Waals surface area contributed by atoms with Crippen LogP contribution >= 0.6 is 15.9 Å². The fourth-order valence-electron chi connectivity index (χ4n) is 1.98. The lowest BCUT2D eigenvalue weighted by Crippen LogP contribution is -2.06. The summed E-state index contributed by atoms with van der Waals surface area (Å²) in [5, 5.41) is 8.90. The monoisotopic (exact) mass is 322 g/mol. The molecule has 0 aliphatic heterocycles. The van der Waals surface area contributed by atoms with E-state index >= 15 is 0 Å². The van der Waals surface area contributed by atoms with Gasteiger partial charge in [0.05, 0.1) is 12.1 Å². The number of aliphatic carboxylic acids is 1. The third-order valence-electron chi connectivity index (χ3n) is 3.10. The molecule has 0 atom stereocenters. The number of carbonyl (C=O) groups is 1. The lowest BCUT2D eigenvalue weighted by molar-refractivity contribution is -0.136. The summed E-state index contributed by atoms with van der Waals surface area (Å²) in [5.41, 5.74) is 2.92. The normalized spacial score (nSPS) is 10.7. The lowest BCUT2D eigenvalue weighted by atomic mass is 10.1. The second-order valence-electron chi connectivity index (χ2n) is 4.35. The Morgan fingerprint density at radius 2 is 2.00 bits per heavy atom. The predicted octanol–water partition coefficient (Wildman–Crippen LogP) is 3.04. The van der Waals surface area contributed by atoms with Gasteiger partial charge in [-0.3, -0.25) is 4.79 Å². The summed E-state index contributed by atoms with van der Waals surface area (Å²) >= 11 is 3.33. The number of carboxylic acids is 1. The molecule has 0 radical (unpaired) electrons. The predicted molar refractivity (Wildman–Crippen MR) is 77.1 cm³/mol. The minimum Gasteiger partial charge on any atom is -0.481 e. The first kappa shape index (κ1) is 13.8. The Kier molecular flexibility index (Phi) is 4.04. The van der Waals surface area contributed by atoms with E-state index in [1.165, 1.54) is 5.56 Å². The molecule has 1 N–H and O–H groups in total. The number of carboxylic acid groups (broad SMARTS) is 1. The maximum Gasteiger partial charge on any atom is 0.309 e. The van der Waals surface area contributed by atoms with Gasteiger partial charge in [0.15, 0.2) is 0 Å². The van der Waals surface area contributed by atoms with E-state index in [2.05, 4.69) is 40.0 Å². The van der Waals surface area contributed by atoms with Crippen LogP contribution in [-0.2, 0) is 24.7 Å². The molecule has 0 aliphatic carbocycles. The highest BCUT2D eigenvalue weighted by molar-refractivity contribution is 9.10. The topological polar surface area (TPSA) is 55.1 Å². The number of aryl methyl sites for hydroxylation is 1. The van der Waals surface area contributed by atoms with E-state index in [0.29, 0.717) is 10.3 Å². The Hall–Kier alpha value is -1.62. The quantitative estimate of drug-likeness (QED) is 0.941. The molecule has 0 bridgehead atoms. The second kappa shape index (κ2) is 5.57. The van der Waals surface area contributed by atoms with Crippen molar-refractivity contribution in [3.8, 4) is 11.4 Å². The van der Waals surface area contributed by atoms with Crippen molar-refractivity contribution in [3.05, 3.63) is 40.1 Å². The summed E-state index contributed by atoms with van der Waals surface area (Å²) < 4.78 is 2.41. The first-order valence-corrected chi connectivity index (χ1v) is 6.84. The second-order valence-corrected chi connectivity index (χ2v) is 5.10. The summed E-state index contributed by atoms with van der Waals surface area (Å²) in [4.78, 5) is 15.2. The zero-order valence-corrected chi connectivity index (χ0v) is 12.4. The third kappa shape index (κ3) is 2.87. The zero-order valence-electron chi connectivity index (χ0n) is 10.9. The minimum atomic E-state index is -0.864. The van der Waals surface area contributed by atoms with Crippen molar-refractivity contribution in [1.82, 2.24) is 9.55 Å². The Labute approximate surface area is 120 Å². The largest absolute Gasteiger partial charge is 0.481 e. The van der Waals surface area contributed by atoms with E-state index in [-0.39, 0.29) is 6.42 Å². The van der Waals surface area contributed by atoms with Gasteiger partial charge in [-0.1, -0.05) is 31.2 Å². The molecule has 1 heterocycles. The summed E-state index contributed by atoms with van der Waals surface area (Å²) in [6, 6.07) is 8.15. The molecule has 5 heteroatoms. The van der Waals surface area contributed by atoms with Crippen LogP contribution < -0.4 is 0 Å². The molecule has 19 heavy (non-hydrogen) atoms. The molecule has 1 aromatic heterocycles. The zero-order chi connectivity index (χ0) is 14.0. The number of benzene rings is 1. The number of imidazole rings is 1. The molecule has 0 spiro atoms. The van der Waals surface area contributed by atoms with Gasteiger partial charge >= 0.3 is 5.97 Å². The number of nitrogens with zero attached hydrogens (tertiary/aromatic N) is 2. The van der Waals surface area contributed by atoms with Crippen LogP contribution in [0.25, 0.3) is 11.4 Å². The van der Waals surface area contributed by atoms with Crippen LogP contribution in [-0.4, -0.2) is 20.6 Å². The highest BCUT2D eigenvalue weighted by atomic mass is 79.9. The first-order valence-electron chi connectivity index (χ1n) is 6.05. The smallest absolute Gasteiger partial charge is 0.309 e. The average molecular weight is 323 g/mol. The fraction of sp³-hybridized carbons (Fsp3) is 0.286. The maximum atomic E-state index is 10.8. The van der Waals surface area contributed by atoms with E-state index in [4.69, 9.17) is 5.11 Å². The van der Waals surface area contributed by atoms with Crippen LogP contribution in [0.15, 0.2) is 28.9 Å². The molecule has 1 aromatic carbocycles. The summed E-state index contributed by atoms with van der Waals surface area (Å²) in [7, 11) is 1.83. The molecule has 0 amide bonds. The van der Waals surface area contributed by atoms with Crippen molar-refractivity contribution in [2.24, 2.45) is 7.05 Å². The number of halogens is 1. The average Bonchev–Trinajstić information content (AvgIpc) is 2.66. The molecule has 4 nitrogen and oxygen atoms in total. The van der Waals surface area contributed by atoms with Crippen molar-refractivity contribution in [2.45, 2.75) is 19.8 Å². The van der Waals surface area contributed by atoms with Crippen molar-refractivity contribution in [3.63, 3.8) is 0 Å². The van der Waals surface area contributed by atoms with Gasteiger partial charge < -0.3 is 9.67 Å². The SMILES string of the molecule is CCc1ccc(-c2nc(Br)c(CC(=O)O)n2C)cc1. The Morgan fingerprint density at radius 3 is 2.53 bits per heavy atom. The van der Waals surface area contributed by atoms with Crippen LogP contribution in [0.5, 0.6) is 0 Å². The van der Waals surface area contributed by atoms with Gasteiger partial charge in [-0.25, -0.2) is 4.98 Å². The number of hydrogen-bond donors (Lipinski definition) is 1. The number of hydrogen-bond acceptors (Lipinski definition) is 2. The summed E-state index contributed by atoms with van der Waals surface area (Å²) in [6.45, 7) is 2.11. The van der Waals surface area contributed by atoms with Gasteiger partial charge in [-0.15, -0.1) is 0 Å². The van der Waals surface area contributed by atoms with Crippen molar-refractivity contribution >= 4 is 21.9 Å². The van der Waals surface area contributed by atoms with Gasteiger partial charge in [0.1, 0.15) is 10.4 Å². The molecule has 2 aromatic rings. The highest BCUT2D eigenvalue weighted by Gasteiger charge is 2.16. The molecule has 0 saturated carbocycles. The fourth-order valence-corrected chi connectivity index (χ4v) is 2.56. The van der Waals surface area contributed by atoms with Crippen LogP contribution in [0.1, 0.15) is 18.2 Å². The standard InChI is InChI=1S/C14H15BrN2O2/c1-3-9-4-6-10(7-5-9)14-16-13(15)11(17(14)2)8-12(18)19/h4-7H,3,8H2,1-2H3,(H,18,19). The Morgan fingerprint density at radius 1 is 1.37 bits per heavy atom. The van der Waals surface area contributed by atoms with E-state index in [1.807, 2.05) is 23.7 Å². The minimum absolute atomic E-state index is 0.0445. The Balaban J connectivity index is 2.42. The molecule has 2 rings (SSSR count). The van der Waals surface area contributed by atoms with Crippen molar-refractivity contribution in [1.29, 1.82) is 0 Å². The van der Waals surface area contributed by atoms with Gasteiger partial charge in [0.2, 0.25) is 0 Å². The lowest BCUT2D eigenvalue weighted by Gasteiger charge is -2.05. The summed E-state index contributed by atoms with van der Waals surface area (Å²) in [5.74, 6) is -0.0950. The van der Waals surface area contributed by atoms with Gasteiger partial charge in [-0.05, 0) is 27.9 Å². The molecule has 100 valence electrons. The van der Waals surface area contributed by atoms with E-state index in [9.17, 15) is 4.79 Å². The van der Waals surface area contributed by atoms with Crippen molar-refractivity contribution in [2.75, 3.05) is 0 Å². The molecular weight excluding hydrogens is 308 g/mol. The van der Waals surface area contributed by atoms with Gasteiger partial charge in [-0.2, -0.15) is 0 Å². The highest BCUT2D eigenvalue weighted by Crippen LogP contribution is 2.25. The third-order valence-corrected chi connectivity index (χ3v) is 3.74. The van der Waals surface area contributed by atoms with E-state index in [1.54, 1.807) is 0 Å².